The van der Waals surface area contributed by atoms with Crippen molar-refractivity contribution in [1.29, 1.82) is 0 Å². The standard InChI is InChI=1S/C13H18BrN3O2.2ClH/c1-15-9-13(18)16-11-8-10(14)2-3-12(11)17-4-6-19-7-5-17;;/h2-3,8,15H,4-7,9H2,1H3,(H,16,18);2*1H. The van der Waals surface area contributed by atoms with E-state index in [2.05, 4.69) is 31.5 Å². The predicted octanol–water partition coefficient (Wildman–Crippen LogP) is 2.29. The normalized spacial score (nSPS) is 13.9. The molecule has 0 bridgehead atoms. The summed E-state index contributed by atoms with van der Waals surface area (Å²) in [5, 5.41) is 5.78. The van der Waals surface area contributed by atoms with Crippen molar-refractivity contribution in [1.82, 2.24) is 5.32 Å². The first-order chi connectivity index (χ1) is 9.20. The van der Waals surface area contributed by atoms with E-state index in [9.17, 15) is 4.79 Å². The van der Waals surface area contributed by atoms with Gasteiger partial charge in [-0.2, -0.15) is 0 Å². The molecule has 21 heavy (non-hydrogen) atoms. The minimum absolute atomic E-state index is 0. The van der Waals surface area contributed by atoms with Crippen molar-refractivity contribution in [2.45, 2.75) is 0 Å². The first-order valence-electron chi connectivity index (χ1n) is 6.27. The van der Waals surface area contributed by atoms with Crippen molar-refractivity contribution in [3.05, 3.63) is 22.7 Å². The molecule has 0 aromatic heterocycles. The van der Waals surface area contributed by atoms with Gasteiger partial charge in [0.05, 0.1) is 31.1 Å². The molecular formula is C13H20BrCl2N3O2. The van der Waals surface area contributed by atoms with Crippen LogP contribution in [-0.4, -0.2) is 45.8 Å². The Bertz CT molecular complexity index is 457. The van der Waals surface area contributed by atoms with Gasteiger partial charge in [0.15, 0.2) is 0 Å². The van der Waals surface area contributed by atoms with Crippen molar-refractivity contribution in [3.63, 3.8) is 0 Å². The zero-order chi connectivity index (χ0) is 13.7. The number of rotatable bonds is 4. The highest BCUT2D eigenvalue weighted by molar-refractivity contribution is 9.10. The van der Waals surface area contributed by atoms with Gasteiger partial charge in [0, 0.05) is 17.6 Å². The molecule has 1 aliphatic rings. The fourth-order valence-corrected chi connectivity index (χ4v) is 2.40. The first kappa shape index (κ1) is 20.5. The molecule has 1 amide bonds. The van der Waals surface area contributed by atoms with Gasteiger partial charge in [-0.25, -0.2) is 0 Å². The zero-order valence-electron chi connectivity index (χ0n) is 11.7. The summed E-state index contributed by atoms with van der Waals surface area (Å²) in [6, 6.07) is 5.93. The van der Waals surface area contributed by atoms with E-state index in [-0.39, 0.29) is 30.7 Å². The molecule has 8 heteroatoms. The maximum Gasteiger partial charge on any atom is 0.238 e. The summed E-state index contributed by atoms with van der Waals surface area (Å²) in [5.41, 5.74) is 1.87. The highest BCUT2D eigenvalue weighted by Crippen LogP contribution is 2.29. The molecule has 1 aromatic rings. The molecule has 1 heterocycles. The summed E-state index contributed by atoms with van der Waals surface area (Å²) in [5.74, 6) is -0.0462. The number of hydrogen-bond donors (Lipinski definition) is 2. The molecule has 5 nitrogen and oxygen atoms in total. The van der Waals surface area contributed by atoms with Crippen LogP contribution >= 0.6 is 40.7 Å². The molecule has 2 rings (SSSR count). The Labute approximate surface area is 145 Å². The number of ether oxygens (including phenoxy) is 1. The number of morpholine rings is 1. The van der Waals surface area contributed by atoms with E-state index in [0.717, 1.165) is 42.2 Å². The van der Waals surface area contributed by atoms with Gasteiger partial charge in [0.25, 0.3) is 0 Å². The fourth-order valence-electron chi connectivity index (χ4n) is 2.04. The largest absolute Gasteiger partial charge is 0.378 e. The smallest absolute Gasteiger partial charge is 0.238 e. The van der Waals surface area contributed by atoms with Crippen molar-refractivity contribution < 1.29 is 9.53 Å². The molecular weight excluding hydrogens is 381 g/mol. The summed E-state index contributed by atoms with van der Waals surface area (Å²) in [6.45, 7) is 3.43. The lowest BCUT2D eigenvalue weighted by atomic mass is 10.2. The lowest BCUT2D eigenvalue weighted by Gasteiger charge is -2.30. The fraction of sp³-hybridized carbons (Fsp3) is 0.462. The van der Waals surface area contributed by atoms with Gasteiger partial charge in [0.1, 0.15) is 0 Å². The first-order valence-corrected chi connectivity index (χ1v) is 7.06. The molecule has 0 aliphatic carbocycles. The number of carbonyl (C=O) groups is 1. The number of likely N-dealkylation sites (N-methyl/N-ethyl adjacent to an activating group) is 1. The number of benzene rings is 1. The summed E-state index contributed by atoms with van der Waals surface area (Å²) in [6.07, 6.45) is 0. The Balaban J connectivity index is 0.00000200. The number of halogens is 3. The van der Waals surface area contributed by atoms with Crippen LogP contribution in [0.4, 0.5) is 11.4 Å². The summed E-state index contributed by atoms with van der Waals surface area (Å²) < 4.78 is 6.30. The third kappa shape index (κ3) is 6.00. The lowest BCUT2D eigenvalue weighted by molar-refractivity contribution is -0.115. The Morgan fingerprint density at radius 1 is 1.33 bits per heavy atom. The van der Waals surface area contributed by atoms with Crippen LogP contribution in [0.1, 0.15) is 0 Å². The molecule has 2 N–H and O–H groups in total. The summed E-state index contributed by atoms with van der Waals surface area (Å²) >= 11 is 3.44. The predicted molar refractivity (Wildman–Crippen MR) is 94.2 cm³/mol. The molecule has 0 saturated carbocycles. The number of nitrogens with zero attached hydrogens (tertiary/aromatic N) is 1. The second-order valence-electron chi connectivity index (χ2n) is 4.34. The number of anilines is 2. The second-order valence-corrected chi connectivity index (χ2v) is 5.26. The molecule has 0 atom stereocenters. The SMILES string of the molecule is CNCC(=O)Nc1cc(Br)ccc1N1CCOCC1.Cl.Cl. The van der Waals surface area contributed by atoms with Crippen LogP contribution in [0.2, 0.25) is 0 Å². The summed E-state index contributed by atoms with van der Waals surface area (Å²) in [4.78, 5) is 14.0. The molecule has 0 radical (unpaired) electrons. The van der Waals surface area contributed by atoms with Gasteiger partial charge in [-0.3, -0.25) is 4.79 Å². The topological polar surface area (TPSA) is 53.6 Å². The van der Waals surface area contributed by atoms with E-state index in [1.54, 1.807) is 7.05 Å². The van der Waals surface area contributed by atoms with Gasteiger partial charge in [0.2, 0.25) is 5.91 Å². The quantitative estimate of drug-likeness (QED) is 0.814. The number of amides is 1. The average molecular weight is 401 g/mol. The Morgan fingerprint density at radius 2 is 2.00 bits per heavy atom. The van der Waals surface area contributed by atoms with Crippen LogP contribution in [0, 0.1) is 0 Å². The monoisotopic (exact) mass is 399 g/mol. The molecule has 1 fully saturated rings. The van der Waals surface area contributed by atoms with Crippen molar-refractivity contribution in [2.24, 2.45) is 0 Å². The van der Waals surface area contributed by atoms with Gasteiger partial charge in [-0.05, 0) is 25.2 Å². The molecule has 0 unspecified atom stereocenters. The molecule has 1 aromatic carbocycles. The van der Waals surface area contributed by atoms with Crippen LogP contribution in [0.3, 0.4) is 0 Å². The van der Waals surface area contributed by atoms with Gasteiger partial charge < -0.3 is 20.3 Å². The van der Waals surface area contributed by atoms with Crippen LogP contribution in [0.25, 0.3) is 0 Å². The summed E-state index contributed by atoms with van der Waals surface area (Å²) in [7, 11) is 1.75. The van der Waals surface area contributed by atoms with E-state index in [1.165, 1.54) is 0 Å². The average Bonchev–Trinajstić information content (AvgIpc) is 2.40. The Hall–Kier alpha value is -0.530. The highest BCUT2D eigenvalue weighted by Gasteiger charge is 2.16. The molecule has 1 aliphatic heterocycles. The number of hydrogen-bond acceptors (Lipinski definition) is 4. The van der Waals surface area contributed by atoms with Crippen LogP contribution in [-0.2, 0) is 9.53 Å². The molecule has 0 spiro atoms. The van der Waals surface area contributed by atoms with Gasteiger partial charge >= 0.3 is 0 Å². The third-order valence-electron chi connectivity index (χ3n) is 2.92. The van der Waals surface area contributed by atoms with E-state index in [4.69, 9.17) is 4.74 Å². The highest BCUT2D eigenvalue weighted by atomic mass is 79.9. The van der Waals surface area contributed by atoms with Crippen molar-refractivity contribution >= 4 is 58.0 Å². The third-order valence-corrected chi connectivity index (χ3v) is 3.42. The zero-order valence-corrected chi connectivity index (χ0v) is 14.9. The Morgan fingerprint density at radius 3 is 2.62 bits per heavy atom. The maximum atomic E-state index is 11.7. The van der Waals surface area contributed by atoms with Gasteiger partial charge in [-0.1, -0.05) is 15.9 Å². The minimum atomic E-state index is -0.0462. The van der Waals surface area contributed by atoms with Crippen LogP contribution in [0.15, 0.2) is 22.7 Å². The lowest BCUT2D eigenvalue weighted by Crippen LogP contribution is -2.37. The van der Waals surface area contributed by atoms with Gasteiger partial charge in [-0.15, -0.1) is 24.8 Å². The number of nitrogens with one attached hydrogen (secondary N) is 2. The molecule has 1 saturated heterocycles. The van der Waals surface area contributed by atoms with E-state index in [0.29, 0.717) is 6.54 Å². The maximum absolute atomic E-state index is 11.7. The second kappa shape index (κ2) is 10.2. The van der Waals surface area contributed by atoms with Crippen molar-refractivity contribution in [3.8, 4) is 0 Å². The van der Waals surface area contributed by atoms with E-state index < -0.39 is 0 Å². The van der Waals surface area contributed by atoms with E-state index in [1.807, 2.05) is 18.2 Å². The van der Waals surface area contributed by atoms with E-state index >= 15 is 0 Å². The van der Waals surface area contributed by atoms with Crippen LogP contribution in [0.5, 0.6) is 0 Å². The molecule has 120 valence electrons. The Kier molecular flexibility index (Phi) is 9.98. The van der Waals surface area contributed by atoms with Crippen LogP contribution < -0.4 is 15.5 Å². The van der Waals surface area contributed by atoms with Crippen molar-refractivity contribution in [2.75, 3.05) is 50.1 Å². The minimum Gasteiger partial charge on any atom is -0.378 e. The number of carbonyl (C=O) groups excluding carboxylic acids is 1.